The first-order valence-corrected chi connectivity index (χ1v) is 7.69. The molecule has 23 heavy (non-hydrogen) atoms. The molecule has 0 N–H and O–H groups in total. The Bertz CT molecular complexity index is 771. The van der Waals surface area contributed by atoms with E-state index in [1.165, 1.54) is 12.6 Å². The molecule has 1 spiro atoms. The maximum absolute atomic E-state index is 12.9. The largest absolute Gasteiger partial charge is 0.438 e. The average Bonchev–Trinajstić information content (AvgIpc) is 3.19. The van der Waals surface area contributed by atoms with Gasteiger partial charge >= 0.3 is 0 Å². The van der Waals surface area contributed by atoms with E-state index in [1.807, 2.05) is 24.3 Å². The predicted octanol–water partition coefficient (Wildman–Crippen LogP) is 1.82. The Morgan fingerprint density at radius 1 is 1.35 bits per heavy atom. The van der Waals surface area contributed by atoms with Gasteiger partial charge in [0, 0.05) is 25.8 Å². The highest BCUT2D eigenvalue weighted by Crippen LogP contribution is 2.46. The number of aromatic nitrogens is 1. The fourth-order valence-corrected chi connectivity index (χ4v) is 3.82. The lowest BCUT2D eigenvalue weighted by atomic mass is 9.75. The van der Waals surface area contributed by atoms with Gasteiger partial charge in [0.2, 0.25) is 11.7 Å². The number of oxazole rings is 1. The highest BCUT2D eigenvalue weighted by atomic mass is 16.3. The summed E-state index contributed by atoms with van der Waals surface area (Å²) in [5.41, 5.74) is 1.31. The zero-order valence-corrected chi connectivity index (χ0v) is 12.9. The van der Waals surface area contributed by atoms with Crippen LogP contribution in [0.4, 0.5) is 5.69 Å². The Morgan fingerprint density at radius 3 is 2.96 bits per heavy atom. The van der Waals surface area contributed by atoms with Crippen molar-refractivity contribution in [1.29, 1.82) is 0 Å². The van der Waals surface area contributed by atoms with Crippen molar-refractivity contribution in [3.05, 3.63) is 48.2 Å². The van der Waals surface area contributed by atoms with Gasteiger partial charge in [-0.1, -0.05) is 18.2 Å². The van der Waals surface area contributed by atoms with Crippen molar-refractivity contribution < 1.29 is 14.0 Å². The number of hydrogen-bond acceptors (Lipinski definition) is 4. The number of carbonyl (C=O) groups excluding carboxylic acids is 2. The van der Waals surface area contributed by atoms with E-state index in [4.69, 9.17) is 4.42 Å². The van der Waals surface area contributed by atoms with E-state index >= 15 is 0 Å². The van der Waals surface area contributed by atoms with E-state index in [2.05, 4.69) is 4.98 Å². The van der Waals surface area contributed by atoms with E-state index in [0.717, 1.165) is 24.1 Å². The van der Waals surface area contributed by atoms with Crippen LogP contribution < -0.4 is 4.90 Å². The van der Waals surface area contributed by atoms with Gasteiger partial charge in [0.25, 0.3) is 5.91 Å². The van der Waals surface area contributed by atoms with Crippen LogP contribution in [0, 0.1) is 0 Å². The lowest BCUT2D eigenvalue weighted by molar-refractivity contribution is -0.124. The second-order valence-corrected chi connectivity index (χ2v) is 6.16. The molecule has 1 atom stereocenters. The number of piperidine rings is 1. The minimum atomic E-state index is -0.640. The van der Waals surface area contributed by atoms with Gasteiger partial charge in [-0.05, 0) is 24.5 Å². The molecule has 6 nitrogen and oxygen atoms in total. The van der Waals surface area contributed by atoms with E-state index in [-0.39, 0.29) is 17.6 Å². The number of fused-ring (bicyclic) bond motifs is 2. The molecule has 2 amide bonds. The van der Waals surface area contributed by atoms with E-state index in [1.54, 1.807) is 16.8 Å². The summed E-state index contributed by atoms with van der Waals surface area (Å²) in [5, 5.41) is 0. The number of amides is 2. The van der Waals surface area contributed by atoms with Crippen molar-refractivity contribution in [3.63, 3.8) is 0 Å². The van der Waals surface area contributed by atoms with Crippen LogP contribution in [0.1, 0.15) is 29.0 Å². The summed E-state index contributed by atoms with van der Waals surface area (Å²) in [6.07, 6.45) is 4.21. The first-order chi connectivity index (χ1) is 11.1. The van der Waals surface area contributed by atoms with Gasteiger partial charge in [-0.3, -0.25) is 9.59 Å². The van der Waals surface area contributed by atoms with Gasteiger partial charge in [-0.25, -0.2) is 4.98 Å². The van der Waals surface area contributed by atoms with Crippen LogP contribution in [-0.2, 0) is 10.2 Å². The standard InChI is InChI=1S/C17H17N3O3/c1-19-13-6-3-2-5-12(13)17(16(19)22)7-4-8-20(10-17)15(21)14-9-18-11-23-14/h2-3,5-6,9,11H,4,7-8,10H2,1H3/t17-/m0/s1. The van der Waals surface area contributed by atoms with Crippen molar-refractivity contribution in [2.75, 3.05) is 25.0 Å². The minimum Gasteiger partial charge on any atom is -0.438 e. The first-order valence-electron chi connectivity index (χ1n) is 7.69. The van der Waals surface area contributed by atoms with Gasteiger partial charge in [0.15, 0.2) is 6.39 Å². The van der Waals surface area contributed by atoms with Gasteiger partial charge in [0.05, 0.1) is 11.6 Å². The summed E-state index contributed by atoms with van der Waals surface area (Å²) in [6.45, 7) is 1.01. The second kappa shape index (κ2) is 4.94. The fraction of sp³-hybridized carbons (Fsp3) is 0.353. The number of likely N-dealkylation sites (N-methyl/N-ethyl adjacent to an activating group) is 1. The van der Waals surface area contributed by atoms with Crippen LogP contribution >= 0.6 is 0 Å². The Labute approximate surface area is 133 Å². The average molecular weight is 311 g/mol. The van der Waals surface area contributed by atoms with Gasteiger partial charge in [0.1, 0.15) is 0 Å². The molecule has 6 heteroatoms. The van der Waals surface area contributed by atoms with Crippen LogP contribution in [0.3, 0.4) is 0 Å². The third kappa shape index (κ3) is 1.91. The lowest BCUT2D eigenvalue weighted by Gasteiger charge is -2.39. The molecule has 1 aromatic carbocycles. The number of benzene rings is 1. The molecule has 2 aliphatic heterocycles. The maximum Gasteiger partial charge on any atom is 0.291 e. The Hall–Kier alpha value is -2.63. The molecular weight excluding hydrogens is 294 g/mol. The summed E-state index contributed by atoms with van der Waals surface area (Å²) in [4.78, 5) is 32.7. The molecule has 118 valence electrons. The SMILES string of the molecule is CN1C(=O)[C@]2(CCCN(C(=O)c3cnco3)C2)c2ccccc21. The van der Waals surface area contributed by atoms with Crippen LogP contribution in [0.15, 0.2) is 41.3 Å². The molecule has 0 unspecified atom stereocenters. The van der Waals surface area contributed by atoms with Crippen molar-refractivity contribution in [1.82, 2.24) is 9.88 Å². The van der Waals surface area contributed by atoms with Crippen molar-refractivity contribution in [3.8, 4) is 0 Å². The molecule has 0 radical (unpaired) electrons. The maximum atomic E-state index is 12.9. The van der Waals surface area contributed by atoms with E-state index < -0.39 is 5.41 Å². The molecule has 1 aromatic heterocycles. The number of para-hydroxylation sites is 1. The number of hydrogen-bond donors (Lipinski definition) is 0. The summed E-state index contributed by atoms with van der Waals surface area (Å²) < 4.78 is 5.12. The number of carbonyl (C=O) groups is 2. The lowest BCUT2D eigenvalue weighted by Crippen LogP contribution is -2.53. The zero-order valence-electron chi connectivity index (χ0n) is 12.9. The first kappa shape index (κ1) is 14.0. The summed E-state index contributed by atoms with van der Waals surface area (Å²) >= 11 is 0. The van der Waals surface area contributed by atoms with Crippen LogP contribution in [-0.4, -0.2) is 41.8 Å². The second-order valence-electron chi connectivity index (χ2n) is 6.16. The van der Waals surface area contributed by atoms with Crippen LogP contribution in [0.5, 0.6) is 0 Å². The van der Waals surface area contributed by atoms with E-state index in [0.29, 0.717) is 13.1 Å². The van der Waals surface area contributed by atoms with Gasteiger partial charge in [-0.2, -0.15) is 0 Å². The number of nitrogens with zero attached hydrogens (tertiary/aromatic N) is 3. The number of rotatable bonds is 1. The molecular formula is C17H17N3O3. The minimum absolute atomic E-state index is 0.0637. The molecule has 0 bridgehead atoms. The molecule has 2 aromatic rings. The third-order valence-electron chi connectivity index (χ3n) is 4.92. The van der Waals surface area contributed by atoms with E-state index in [9.17, 15) is 9.59 Å². The van der Waals surface area contributed by atoms with Gasteiger partial charge < -0.3 is 14.2 Å². The smallest absolute Gasteiger partial charge is 0.291 e. The monoisotopic (exact) mass is 311 g/mol. The third-order valence-corrected chi connectivity index (χ3v) is 4.92. The Balaban J connectivity index is 1.72. The molecule has 1 saturated heterocycles. The molecule has 0 saturated carbocycles. The fourth-order valence-electron chi connectivity index (χ4n) is 3.82. The zero-order chi connectivity index (χ0) is 16.0. The summed E-state index contributed by atoms with van der Waals surface area (Å²) in [5.74, 6) is 0.0734. The van der Waals surface area contributed by atoms with Crippen molar-refractivity contribution >= 4 is 17.5 Å². The quantitative estimate of drug-likeness (QED) is 0.806. The highest BCUT2D eigenvalue weighted by Gasteiger charge is 2.52. The predicted molar refractivity (Wildman–Crippen MR) is 83.2 cm³/mol. The molecule has 2 aliphatic rings. The molecule has 3 heterocycles. The van der Waals surface area contributed by atoms with Crippen molar-refractivity contribution in [2.45, 2.75) is 18.3 Å². The van der Waals surface area contributed by atoms with Gasteiger partial charge in [-0.15, -0.1) is 0 Å². The normalized spacial score (nSPS) is 23.4. The summed E-state index contributed by atoms with van der Waals surface area (Å²) in [6, 6.07) is 7.84. The highest BCUT2D eigenvalue weighted by molar-refractivity contribution is 6.08. The van der Waals surface area contributed by atoms with Crippen LogP contribution in [0.2, 0.25) is 0 Å². The number of likely N-dealkylation sites (tertiary alicyclic amines) is 1. The van der Waals surface area contributed by atoms with Crippen LogP contribution in [0.25, 0.3) is 0 Å². The summed E-state index contributed by atoms with van der Waals surface area (Å²) in [7, 11) is 1.80. The topological polar surface area (TPSA) is 66.7 Å². The molecule has 0 aliphatic carbocycles. The molecule has 4 rings (SSSR count). The Morgan fingerprint density at radius 2 is 2.17 bits per heavy atom. The number of anilines is 1. The van der Waals surface area contributed by atoms with Crippen molar-refractivity contribution in [2.24, 2.45) is 0 Å². The Kier molecular flexibility index (Phi) is 3.01. The molecule has 1 fully saturated rings.